The Bertz CT molecular complexity index is 562. The molecule has 0 radical (unpaired) electrons. The largest absolute Gasteiger partial charge is 0.493 e. The van der Waals surface area contributed by atoms with Crippen LogP contribution < -0.4 is 25.8 Å². The molecule has 1 aromatic carbocycles. The third-order valence-electron chi connectivity index (χ3n) is 3.76. The first-order valence-electron chi connectivity index (χ1n) is 7.68. The fourth-order valence-electron chi connectivity index (χ4n) is 2.54. The van der Waals surface area contributed by atoms with Crippen molar-refractivity contribution >= 4 is 29.9 Å². The molecule has 1 aromatic rings. The number of nitrogens with two attached hydrogens (primary N) is 1. The summed E-state index contributed by atoms with van der Waals surface area (Å²) < 4.78 is 10.4. The molecular weight excluding hydrogens is 334 g/mol. The highest BCUT2D eigenvalue weighted by molar-refractivity contribution is 5.91. The Morgan fingerprint density at radius 3 is 2.79 bits per heavy atom. The van der Waals surface area contributed by atoms with E-state index in [0.717, 1.165) is 25.9 Å². The van der Waals surface area contributed by atoms with Crippen molar-refractivity contribution in [1.82, 2.24) is 5.32 Å². The summed E-state index contributed by atoms with van der Waals surface area (Å²) in [6, 6.07) is 5.02. The molecule has 0 bridgehead atoms. The number of halogens is 1. The summed E-state index contributed by atoms with van der Waals surface area (Å²) in [6.07, 6.45) is 2.48. The number of methoxy groups -OCH3 is 1. The van der Waals surface area contributed by atoms with Crippen LogP contribution in [-0.4, -0.2) is 38.6 Å². The maximum atomic E-state index is 12.0. The number of anilines is 1. The molecular formula is C16H24ClN3O4. The Morgan fingerprint density at radius 1 is 1.38 bits per heavy atom. The molecule has 2 rings (SSSR count). The molecule has 8 heteroatoms. The van der Waals surface area contributed by atoms with Gasteiger partial charge in [0.1, 0.15) is 0 Å². The molecule has 1 atom stereocenters. The first-order valence-corrected chi connectivity index (χ1v) is 7.68. The molecule has 0 saturated carbocycles. The van der Waals surface area contributed by atoms with Crippen molar-refractivity contribution in [1.29, 1.82) is 0 Å². The number of hydrogen-bond donors (Lipinski definition) is 3. The monoisotopic (exact) mass is 357 g/mol. The minimum Gasteiger partial charge on any atom is -0.493 e. The summed E-state index contributed by atoms with van der Waals surface area (Å²) in [5.41, 5.74) is 5.67. The third-order valence-corrected chi connectivity index (χ3v) is 3.76. The molecule has 1 fully saturated rings. The molecule has 1 saturated heterocycles. The smallest absolute Gasteiger partial charge is 0.255 e. The fraction of sp³-hybridized carbons (Fsp3) is 0.500. The van der Waals surface area contributed by atoms with Gasteiger partial charge in [-0.05, 0) is 44.0 Å². The van der Waals surface area contributed by atoms with Gasteiger partial charge in [-0.25, -0.2) is 0 Å². The summed E-state index contributed by atoms with van der Waals surface area (Å²) in [4.78, 5) is 22.9. The van der Waals surface area contributed by atoms with Gasteiger partial charge in [-0.1, -0.05) is 0 Å². The number of hydrogen-bond acceptors (Lipinski definition) is 5. The first kappa shape index (κ1) is 20.1. The van der Waals surface area contributed by atoms with Crippen molar-refractivity contribution in [3.8, 4) is 11.5 Å². The average Bonchev–Trinajstić information content (AvgIpc) is 3.04. The number of ether oxygens (including phenoxy) is 2. The number of primary amides is 1. The molecule has 1 aliphatic rings. The van der Waals surface area contributed by atoms with Gasteiger partial charge >= 0.3 is 0 Å². The number of amides is 2. The van der Waals surface area contributed by atoms with Crippen molar-refractivity contribution in [2.75, 3.05) is 32.1 Å². The van der Waals surface area contributed by atoms with Crippen molar-refractivity contribution in [3.05, 3.63) is 18.2 Å². The van der Waals surface area contributed by atoms with Crippen molar-refractivity contribution in [2.24, 2.45) is 11.7 Å². The van der Waals surface area contributed by atoms with E-state index in [1.54, 1.807) is 18.2 Å². The molecule has 0 aromatic heterocycles. The second-order valence-corrected chi connectivity index (χ2v) is 5.57. The summed E-state index contributed by atoms with van der Waals surface area (Å²) in [6.45, 7) is 1.77. The van der Waals surface area contributed by atoms with Crippen LogP contribution in [-0.2, 0) is 9.59 Å². The van der Waals surface area contributed by atoms with E-state index in [9.17, 15) is 9.59 Å². The SMILES string of the molecule is COc1ccc(NC(=O)CCC2CCNC2)cc1OCC(N)=O.Cl. The molecule has 0 aliphatic carbocycles. The predicted molar refractivity (Wildman–Crippen MR) is 93.8 cm³/mol. The average molecular weight is 358 g/mol. The summed E-state index contributed by atoms with van der Waals surface area (Å²) >= 11 is 0. The van der Waals surface area contributed by atoms with E-state index in [-0.39, 0.29) is 24.9 Å². The number of benzene rings is 1. The Labute approximate surface area is 147 Å². The van der Waals surface area contributed by atoms with Gasteiger partial charge < -0.3 is 25.8 Å². The van der Waals surface area contributed by atoms with Crippen LogP contribution in [0.2, 0.25) is 0 Å². The second-order valence-electron chi connectivity index (χ2n) is 5.57. The quantitative estimate of drug-likeness (QED) is 0.651. The summed E-state index contributed by atoms with van der Waals surface area (Å²) in [5, 5.41) is 6.12. The van der Waals surface area contributed by atoms with E-state index in [4.69, 9.17) is 15.2 Å². The lowest BCUT2D eigenvalue weighted by molar-refractivity contribution is -0.120. The summed E-state index contributed by atoms with van der Waals surface area (Å²) in [5.74, 6) is 0.797. The Kier molecular flexibility index (Phi) is 8.35. The van der Waals surface area contributed by atoms with Gasteiger partial charge in [-0.3, -0.25) is 9.59 Å². The highest BCUT2D eigenvalue weighted by Crippen LogP contribution is 2.30. The molecule has 7 nitrogen and oxygen atoms in total. The topological polar surface area (TPSA) is 103 Å². The zero-order valence-corrected chi connectivity index (χ0v) is 14.5. The van der Waals surface area contributed by atoms with Crippen LogP contribution >= 0.6 is 12.4 Å². The van der Waals surface area contributed by atoms with E-state index in [1.165, 1.54) is 7.11 Å². The lowest BCUT2D eigenvalue weighted by Gasteiger charge is -2.12. The third kappa shape index (κ3) is 6.25. The van der Waals surface area contributed by atoms with Gasteiger partial charge in [0.25, 0.3) is 5.91 Å². The van der Waals surface area contributed by atoms with Crippen LogP contribution in [0.25, 0.3) is 0 Å². The predicted octanol–water partition coefficient (Wildman–Crippen LogP) is 1.31. The van der Waals surface area contributed by atoms with Crippen LogP contribution in [0.5, 0.6) is 11.5 Å². The van der Waals surface area contributed by atoms with E-state index < -0.39 is 5.91 Å². The van der Waals surface area contributed by atoms with Gasteiger partial charge in [0.05, 0.1) is 7.11 Å². The van der Waals surface area contributed by atoms with E-state index >= 15 is 0 Å². The normalized spacial score (nSPS) is 16.1. The van der Waals surface area contributed by atoms with Crippen LogP contribution in [0.3, 0.4) is 0 Å². The standard InChI is InChI=1S/C16H23N3O4.ClH/c1-22-13-4-3-12(8-14(13)23-10-15(17)20)19-16(21)5-2-11-6-7-18-9-11;/h3-4,8,11,18H,2,5-7,9-10H2,1H3,(H2,17,20)(H,19,21);1H. The zero-order valence-electron chi connectivity index (χ0n) is 13.7. The fourth-order valence-corrected chi connectivity index (χ4v) is 2.54. The number of carbonyl (C=O) groups is 2. The number of nitrogens with one attached hydrogen (secondary N) is 2. The zero-order chi connectivity index (χ0) is 16.7. The first-order chi connectivity index (χ1) is 11.1. The Hall–Kier alpha value is -1.99. The molecule has 1 aliphatic heterocycles. The van der Waals surface area contributed by atoms with Crippen LogP contribution in [0.1, 0.15) is 19.3 Å². The number of carbonyl (C=O) groups excluding carboxylic acids is 2. The Balaban J connectivity index is 0.00000288. The molecule has 0 spiro atoms. The maximum Gasteiger partial charge on any atom is 0.255 e. The minimum absolute atomic E-state index is 0. The van der Waals surface area contributed by atoms with Crippen LogP contribution in [0.4, 0.5) is 5.69 Å². The van der Waals surface area contributed by atoms with Crippen LogP contribution in [0.15, 0.2) is 18.2 Å². The van der Waals surface area contributed by atoms with Crippen LogP contribution in [0, 0.1) is 5.92 Å². The summed E-state index contributed by atoms with van der Waals surface area (Å²) in [7, 11) is 1.50. The van der Waals surface area contributed by atoms with Gasteiger partial charge in [0.2, 0.25) is 5.91 Å². The van der Waals surface area contributed by atoms with Gasteiger partial charge in [0.15, 0.2) is 18.1 Å². The lowest BCUT2D eigenvalue weighted by atomic mass is 10.0. The van der Waals surface area contributed by atoms with Gasteiger partial charge in [-0.15, -0.1) is 12.4 Å². The second kappa shape index (κ2) is 10.00. The van der Waals surface area contributed by atoms with E-state index in [2.05, 4.69) is 10.6 Å². The maximum absolute atomic E-state index is 12.0. The molecule has 1 unspecified atom stereocenters. The molecule has 2 amide bonds. The Morgan fingerprint density at radius 2 is 2.17 bits per heavy atom. The lowest BCUT2D eigenvalue weighted by Crippen LogP contribution is -2.20. The number of rotatable bonds is 8. The highest BCUT2D eigenvalue weighted by atomic mass is 35.5. The van der Waals surface area contributed by atoms with Crippen molar-refractivity contribution in [2.45, 2.75) is 19.3 Å². The van der Waals surface area contributed by atoms with Crippen molar-refractivity contribution < 1.29 is 19.1 Å². The van der Waals surface area contributed by atoms with Gasteiger partial charge in [-0.2, -0.15) is 0 Å². The molecule has 1 heterocycles. The van der Waals surface area contributed by atoms with E-state index in [0.29, 0.717) is 29.5 Å². The van der Waals surface area contributed by atoms with Crippen molar-refractivity contribution in [3.63, 3.8) is 0 Å². The van der Waals surface area contributed by atoms with E-state index in [1.807, 2.05) is 0 Å². The van der Waals surface area contributed by atoms with Gasteiger partial charge in [0, 0.05) is 18.2 Å². The molecule has 4 N–H and O–H groups in total. The highest BCUT2D eigenvalue weighted by Gasteiger charge is 2.16. The minimum atomic E-state index is -0.577. The molecule has 134 valence electrons. The molecule has 24 heavy (non-hydrogen) atoms.